The second-order valence-electron chi connectivity index (χ2n) is 11.1. The van der Waals surface area contributed by atoms with E-state index in [9.17, 15) is 0 Å². The van der Waals surface area contributed by atoms with E-state index in [4.69, 9.17) is 9.47 Å². The molecule has 2 aliphatic rings. The van der Waals surface area contributed by atoms with Gasteiger partial charge in [0.25, 0.3) is 0 Å². The fourth-order valence-electron chi connectivity index (χ4n) is 6.18. The first-order valence-corrected chi connectivity index (χ1v) is 15.0. The van der Waals surface area contributed by atoms with Gasteiger partial charge in [-0.15, -0.1) is 0 Å². The molecule has 1 aliphatic heterocycles. The number of allylic oxidation sites excluding steroid dienone is 3. The average Bonchev–Trinajstić information content (AvgIpc) is 3.10. The Hall–Kier alpha value is -5.67. The Labute approximate surface area is 257 Å². The molecule has 8 rings (SSSR count). The van der Waals surface area contributed by atoms with Crippen molar-refractivity contribution in [3.05, 3.63) is 169 Å². The summed E-state index contributed by atoms with van der Waals surface area (Å²) in [5.74, 6) is 3.28. The van der Waals surface area contributed by atoms with Gasteiger partial charge in [-0.1, -0.05) is 97.1 Å². The third-order valence-corrected chi connectivity index (χ3v) is 8.39. The average molecular weight is 568 g/mol. The Kier molecular flexibility index (Phi) is 6.62. The van der Waals surface area contributed by atoms with Crippen LogP contribution >= 0.6 is 0 Å². The number of hydrogen-bond acceptors (Lipinski definition) is 3. The Morgan fingerprint density at radius 1 is 0.455 bits per heavy atom. The maximum atomic E-state index is 7.06. The van der Waals surface area contributed by atoms with Crippen molar-refractivity contribution in [2.45, 2.75) is 12.8 Å². The van der Waals surface area contributed by atoms with Crippen LogP contribution in [0.2, 0.25) is 0 Å². The van der Waals surface area contributed by atoms with Crippen LogP contribution in [0, 0.1) is 0 Å². The van der Waals surface area contributed by atoms with Crippen molar-refractivity contribution in [1.29, 1.82) is 0 Å². The van der Waals surface area contributed by atoms with Crippen molar-refractivity contribution < 1.29 is 9.47 Å². The molecule has 0 fully saturated rings. The zero-order valence-electron chi connectivity index (χ0n) is 24.1. The van der Waals surface area contributed by atoms with Crippen molar-refractivity contribution in [2.75, 3.05) is 0 Å². The molecule has 0 bridgehead atoms. The molecule has 0 radical (unpaired) electrons. The summed E-state index contributed by atoms with van der Waals surface area (Å²) in [6.45, 7) is 0. The Balaban J connectivity index is 1.32. The van der Waals surface area contributed by atoms with E-state index in [0.29, 0.717) is 0 Å². The minimum absolute atomic E-state index is 0.794. The number of benzene rings is 5. The lowest BCUT2D eigenvalue weighted by Gasteiger charge is -2.26. The van der Waals surface area contributed by atoms with Gasteiger partial charge in [0, 0.05) is 40.2 Å². The van der Waals surface area contributed by atoms with Gasteiger partial charge < -0.3 is 9.47 Å². The van der Waals surface area contributed by atoms with Gasteiger partial charge in [-0.3, -0.25) is 4.98 Å². The molecule has 0 saturated carbocycles. The van der Waals surface area contributed by atoms with Gasteiger partial charge in [-0.05, 0) is 83.1 Å². The third-order valence-electron chi connectivity index (χ3n) is 8.39. The van der Waals surface area contributed by atoms with E-state index < -0.39 is 0 Å². The molecule has 1 aliphatic carbocycles. The van der Waals surface area contributed by atoms with Crippen LogP contribution in [0.25, 0.3) is 44.5 Å². The highest BCUT2D eigenvalue weighted by atomic mass is 16.5. The molecular formula is C41H29NO2. The van der Waals surface area contributed by atoms with Crippen LogP contribution in [0.4, 0.5) is 0 Å². The van der Waals surface area contributed by atoms with E-state index in [1.807, 2.05) is 42.6 Å². The maximum Gasteiger partial charge on any atom is 0.136 e. The molecule has 0 amide bonds. The number of para-hydroxylation sites is 2. The van der Waals surface area contributed by atoms with Crippen molar-refractivity contribution >= 4 is 11.1 Å². The highest BCUT2D eigenvalue weighted by Gasteiger charge is 2.24. The summed E-state index contributed by atoms with van der Waals surface area (Å²) in [5.41, 5.74) is 11.1. The second kappa shape index (κ2) is 11.2. The van der Waals surface area contributed by atoms with Gasteiger partial charge in [-0.25, -0.2) is 0 Å². The summed E-state index contributed by atoms with van der Waals surface area (Å²) in [7, 11) is 0. The van der Waals surface area contributed by atoms with Crippen LogP contribution in [-0.4, -0.2) is 4.98 Å². The number of nitrogens with zero attached hydrogens (tertiary/aromatic N) is 1. The van der Waals surface area contributed by atoms with Crippen LogP contribution in [0.1, 0.15) is 24.0 Å². The van der Waals surface area contributed by atoms with Gasteiger partial charge in [0.2, 0.25) is 0 Å². The fraction of sp³-hybridized carbons (Fsp3) is 0.0488. The summed E-state index contributed by atoms with van der Waals surface area (Å²) < 4.78 is 13.8. The number of aromatic nitrogens is 1. The van der Waals surface area contributed by atoms with Gasteiger partial charge >= 0.3 is 0 Å². The second-order valence-corrected chi connectivity index (χ2v) is 11.1. The van der Waals surface area contributed by atoms with E-state index in [-0.39, 0.29) is 0 Å². The lowest BCUT2D eigenvalue weighted by atomic mass is 9.88. The summed E-state index contributed by atoms with van der Waals surface area (Å²) in [6, 6.07) is 46.2. The van der Waals surface area contributed by atoms with Crippen molar-refractivity contribution in [1.82, 2.24) is 4.98 Å². The molecule has 210 valence electrons. The third kappa shape index (κ3) is 4.89. The predicted octanol–water partition coefficient (Wildman–Crippen LogP) is 10.9. The van der Waals surface area contributed by atoms with Gasteiger partial charge in [0.1, 0.15) is 23.0 Å². The SMILES string of the molecule is C1=C(c2ccccc2)CCC2=C1Oc1cc(-c3cccc(-c4cccnc4)c3)ccc1-c1ccccc1Oc1ccccc12. The fourth-order valence-corrected chi connectivity index (χ4v) is 6.18. The minimum atomic E-state index is 0.794. The molecule has 0 saturated heterocycles. The zero-order valence-corrected chi connectivity index (χ0v) is 24.1. The number of fused-ring (bicyclic) bond motifs is 5. The minimum Gasteiger partial charge on any atom is -0.456 e. The van der Waals surface area contributed by atoms with Gasteiger partial charge in [0.15, 0.2) is 0 Å². The largest absolute Gasteiger partial charge is 0.456 e. The molecule has 0 spiro atoms. The normalized spacial score (nSPS) is 13.7. The first-order chi connectivity index (χ1) is 21.8. The summed E-state index contributed by atoms with van der Waals surface area (Å²) in [5, 5.41) is 0. The van der Waals surface area contributed by atoms with E-state index in [0.717, 1.165) is 80.4 Å². The lowest BCUT2D eigenvalue weighted by Crippen LogP contribution is -2.07. The smallest absolute Gasteiger partial charge is 0.136 e. The summed E-state index contributed by atoms with van der Waals surface area (Å²) in [6.07, 6.45) is 7.69. The van der Waals surface area contributed by atoms with Crippen LogP contribution in [0.5, 0.6) is 17.2 Å². The van der Waals surface area contributed by atoms with E-state index in [1.54, 1.807) is 6.20 Å². The molecule has 0 N–H and O–H groups in total. The molecule has 5 aromatic carbocycles. The Bertz CT molecular complexity index is 2060. The van der Waals surface area contributed by atoms with Crippen molar-refractivity contribution in [3.8, 4) is 50.6 Å². The van der Waals surface area contributed by atoms with E-state index >= 15 is 0 Å². The van der Waals surface area contributed by atoms with E-state index in [1.165, 1.54) is 11.1 Å². The van der Waals surface area contributed by atoms with Crippen LogP contribution in [0.3, 0.4) is 0 Å². The Morgan fingerprint density at radius 3 is 1.93 bits per heavy atom. The predicted molar refractivity (Wildman–Crippen MR) is 178 cm³/mol. The molecule has 3 nitrogen and oxygen atoms in total. The molecule has 3 heteroatoms. The standard InChI is InChI=1S/C41H29NO2/c1-2-10-28(11-3-1)31-19-21-36-34-15-4-6-17-38(34)43-39-18-7-5-16-35(39)37-22-20-32(26-41(37)44-40(36)25-31)29-12-8-13-30(24-29)33-14-9-23-42-27-33/h1-18,20,22-27H,19,21H2. The lowest BCUT2D eigenvalue weighted by molar-refractivity contribution is 0.440. The quantitative estimate of drug-likeness (QED) is 0.213. The van der Waals surface area contributed by atoms with Crippen molar-refractivity contribution in [3.63, 3.8) is 0 Å². The van der Waals surface area contributed by atoms with E-state index in [2.05, 4.69) is 108 Å². The Morgan fingerprint density at radius 2 is 1.11 bits per heavy atom. The summed E-state index contributed by atoms with van der Waals surface area (Å²) >= 11 is 0. The molecule has 44 heavy (non-hydrogen) atoms. The highest BCUT2D eigenvalue weighted by Crippen LogP contribution is 2.47. The van der Waals surface area contributed by atoms with Crippen LogP contribution < -0.4 is 9.47 Å². The highest BCUT2D eigenvalue weighted by molar-refractivity contribution is 5.86. The molecule has 0 unspecified atom stereocenters. The van der Waals surface area contributed by atoms with Crippen molar-refractivity contribution in [2.24, 2.45) is 0 Å². The molecule has 1 aromatic heterocycles. The monoisotopic (exact) mass is 567 g/mol. The number of hydrogen-bond donors (Lipinski definition) is 0. The van der Waals surface area contributed by atoms with Crippen LogP contribution in [-0.2, 0) is 0 Å². The van der Waals surface area contributed by atoms with Gasteiger partial charge in [-0.2, -0.15) is 0 Å². The molecular weight excluding hydrogens is 538 g/mol. The molecule has 2 heterocycles. The van der Waals surface area contributed by atoms with Crippen LogP contribution in [0.15, 0.2) is 158 Å². The zero-order chi connectivity index (χ0) is 29.3. The van der Waals surface area contributed by atoms with Gasteiger partial charge in [0.05, 0.1) is 0 Å². The first kappa shape index (κ1) is 26.0. The number of rotatable bonds is 3. The number of ether oxygens (including phenoxy) is 2. The topological polar surface area (TPSA) is 31.4 Å². The molecule has 6 aromatic rings. The number of pyridine rings is 1. The maximum absolute atomic E-state index is 7.06. The molecule has 0 atom stereocenters. The summed E-state index contributed by atoms with van der Waals surface area (Å²) in [4.78, 5) is 4.32. The first-order valence-electron chi connectivity index (χ1n) is 15.0.